The summed E-state index contributed by atoms with van der Waals surface area (Å²) in [5.41, 5.74) is -0.647. The van der Waals surface area contributed by atoms with Crippen LogP contribution in [-0.4, -0.2) is 17.9 Å². The van der Waals surface area contributed by atoms with Crippen LogP contribution in [0.25, 0.3) is 0 Å². The zero-order chi connectivity index (χ0) is 19.5. The number of anilines is 1. The highest BCUT2D eigenvalue weighted by atomic mass is 19.4. The second-order valence-corrected chi connectivity index (χ2v) is 7.87. The summed E-state index contributed by atoms with van der Waals surface area (Å²) >= 11 is 0. The number of halogens is 3. The molecular formula is C19H25F3N2O2. The van der Waals surface area contributed by atoms with Crippen LogP contribution in [-0.2, 0) is 15.8 Å². The Hall–Kier alpha value is -2.05. The van der Waals surface area contributed by atoms with Crippen LogP contribution in [0.15, 0.2) is 24.3 Å². The average molecular weight is 370 g/mol. The lowest BCUT2D eigenvalue weighted by Gasteiger charge is -2.40. The summed E-state index contributed by atoms with van der Waals surface area (Å²) in [5.74, 6) is -1.35. The number of nitrogens with one attached hydrogen (secondary N) is 2. The summed E-state index contributed by atoms with van der Waals surface area (Å²) in [4.78, 5) is 24.3. The zero-order valence-electron chi connectivity index (χ0n) is 15.2. The maximum atomic E-state index is 12.6. The molecule has 0 radical (unpaired) electrons. The molecule has 1 aliphatic carbocycles. The molecule has 2 rings (SSSR count). The second kappa shape index (κ2) is 7.68. The van der Waals surface area contributed by atoms with Gasteiger partial charge in [-0.15, -0.1) is 0 Å². The molecule has 0 aromatic heterocycles. The van der Waals surface area contributed by atoms with Crippen molar-refractivity contribution in [2.24, 2.45) is 11.3 Å². The Balaban J connectivity index is 1.98. The monoisotopic (exact) mass is 370 g/mol. The molecule has 1 saturated carbocycles. The van der Waals surface area contributed by atoms with E-state index < -0.39 is 23.6 Å². The van der Waals surface area contributed by atoms with Gasteiger partial charge < -0.3 is 10.6 Å². The van der Waals surface area contributed by atoms with Crippen molar-refractivity contribution < 1.29 is 22.8 Å². The number of alkyl halides is 3. The van der Waals surface area contributed by atoms with Crippen molar-refractivity contribution in [2.75, 3.05) is 5.32 Å². The summed E-state index contributed by atoms with van der Waals surface area (Å²) in [5, 5.41) is 5.15. The first-order valence-corrected chi connectivity index (χ1v) is 8.77. The van der Waals surface area contributed by atoms with Crippen molar-refractivity contribution in [1.29, 1.82) is 0 Å². The third-order valence-electron chi connectivity index (χ3n) is 4.87. The predicted octanol–water partition coefficient (Wildman–Crippen LogP) is 4.37. The fourth-order valence-corrected chi connectivity index (χ4v) is 3.50. The SMILES string of the molecule is CC(C)(C)[C@@H]1CCCC[C@H]1NC(=O)C(=O)Nc1ccc(C(F)(F)F)cc1. The van der Waals surface area contributed by atoms with Crippen LogP contribution in [0.5, 0.6) is 0 Å². The minimum atomic E-state index is -4.44. The molecule has 1 aliphatic rings. The molecule has 7 heteroatoms. The molecule has 1 fully saturated rings. The molecule has 0 heterocycles. The molecule has 2 atom stereocenters. The molecule has 1 aromatic rings. The highest BCUT2D eigenvalue weighted by molar-refractivity contribution is 6.39. The molecule has 144 valence electrons. The van der Waals surface area contributed by atoms with Crippen LogP contribution in [0.2, 0.25) is 0 Å². The van der Waals surface area contributed by atoms with E-state index in [1.807, 2.05) is 0 Å². The van der Waals surface area contributed by atoms with Gasteiger partial charge in [-0.25, -0.2) is 0 Å². The van der Waals surface area contributed by atoms with Gasteiger partial charge in [0.05, 0.1) is 5.56 Å². The number of hydrogen-bond donors (Lipinski definition) is 2. The fourth-order valence-electron chi connectivity index (χ4n) is 3.50. The number of rotatable bonds is 2. The first-order valence-electron chi connectivity index (χ1n) is 8.77. The third-order valence-corrected chi connectivity index (χ3v) is 4.87. The molecule has 0 saturated heterocycles. The first-order chi connectivity index (χ1) is 12.0. The van der Waals surface area contributed by atoms with Crippen LogP contribution in [0.1, 0.15) is 52.0 Å². The molecule has 2 amide bonds. The summed E-state index contributed by atoms with van der Waals surface area (Å²) in [6.45, 7) is 6.35. The van der Waals surface area contributed by atoms with E-state index in [0.717, 1.165) is 49.9 Å². The van der Waals surface area contributed by atoms with Gasteiger partial charge >= 0.3 is 18.0 Å². The second-order valence-electron chi connectivity index (χ2n) is 7.87. The summed E-state index contributed by atoms with van der Waals surface area (Å²) < 4.78 is 37.7. The van der Waals surface area contributed by atoms with E-state index in [1.54, 1.807) is 0 Å². The van der Waals surface area contributed by atoms with Gasteiger partial charge in [-0.1, -0.05) is 33.6 Å². The van der Waals surface area contributed by atoms with E-state index in [0.29, 0.717) is 0 Å². The van der Waals surface area contributed by atoms with E-state index in [4.69, 9.17) is 0 Å². The van der Waals surface area contributed by atoms with Gasteiger partial charge in [0.15, 0.2) is 0 Å². The normalized spacial score (nSPS) is 21.2. The van der Waals surface area contributed by atoms with Crippen LogP contribution < -0.4 is 10.6 Å². The number of amides is 2. The van der Waals surface area contributed by atoms with Crippen LogP contribution in [0.3, 0.4) is 0 Å². The smallest absolute Gasteiger partial charge is 0.345 e. The molecular weight excluding hydrogens is 345 g/mol. The highest BCUT2D eigenvalue weighted by Crippen LogP contribution is 2.38. The van der Waals surface area contributed by atoms with Crippen molar-refractivity contribution in [2.45, 2.75) is 58.7 Å². The van der Waals surface area contributed by atoms with Gasteiger partial charge in [-0.2, -0.15) is 13.2 Å². The van der Waals surface area contributed by atoms with Crippen LogP contribution in [0.4, 0.5) is 18.9 Å². The van der Waals surface area contributed by atoms with E-state index in [2.05, 4.69) is 31.4 Å². The topological polar surface area (TPSA) is 58.2 Å². The van der Waals surface area contributed by atoms with Gasteiger partial charge in [0.2, 0.25) is 0 Å². The Bertz CT molecular complexity index is 648. The van der Waals surface area contributed by atoms with E-state index >= 15 is 0 Å². The number of hydrogen-bond acceptors (Lipinski definition) is 2. The maximum Gasteiger partial charge on any atom is 0.416 e. The number of carbonyl (C=O) groups excluding carboxylic acids is 2. The zero-order valence-corrected chi connectivity index (χ0v) is 15.2. The van der Waals surface area contributed by atoms with Crippen LogP contribution >= 0.6 is 0 Å². The van der Waals surface area contributed by atoms with Gasteiger partial charge in [0.25, 0.3) is 0 Å². The molecule has 0 unspecified atom stereocenters. The van der Waals surface area contributed by atoms with Gasteiger partial charge in [-0.05, 0) is 48.4 Å². The Labute approximate surface area is 151 Å². The number of benzene rings is 1. The van der Waals surface area contributed by atoms with Crippen molar-refractivity contribution in [3.63, 3.8) is 0 Å². The molecule has 1 aromatic carbocycles. The lowest BCUT2D eigenvalue weighted by Crippen LogP contribution is -2.49. The summed E-state index contributed by atoms with van der Waals surface area (Å²) in [6, 6.07) is 3.92. The standard InChI is InChI=1S/C19H25F3N2O2/c1-18(2,3)14-6-4-5-7-15(14)24-17(26)16(25)23-13-10-8-12(9-11-13)19(20,21)22/h8-11,14-15H,4-7H2,1-3H3,(H,23,25)(H,24,26)/t14-,15-/m1/s1. The van der Waals surface area contributed by atoms with Crippen molar-refractivity contribution >= 4 is 17.5 Å². The first kappa shape index (κ1) is 20.3. The average Bonchev–Trinajstić information content (AvgIpc) is 2.54. The van der Waals surface area contributed by atoms with E-state index in [9.17, 15) is 22.8 Å². The predicted molar refractivity (Wildman–Crippen MR) is 93.4 cm³/mol. The molecule has 0 aliphatic heterocycles. The summed E-state index contributed by atoms with van der Waals surface area (Å²) in [7, 11) is 0. The minimum Gasteiger partial charge on any atom is -0.345 e. The number of carbonyl (C=O) groups is 2. The van der Waals surface area contributed by atoms with Crippen molar-refractivity contribution in [3.8, 4) is 0 Å². The largest absolute Gasteiger partial charge is 0.416 e. The molecule has 2 N–H and O–H groups in total. The highest BCUT2D eigenvalue weighted by Gasteiger charge is 2.36. The van der Waals surface area contributed by atoms with Gasteiger partial charge in [-0.3, -0.25) is 9.59 Å². The molecule has 4 nitrogen and oxygen atoms in total. The maximum absolute atomic E-state index is 12.6. The summed E-state index contributed by atoms with van der Waals surface area (Å²) in [6.07, 6.45) is -0.525. The Kier molecular flexibility index (Phi) is 5.98. The van der Waals surface area contributed by atoms with Gasteiger partial charge in [0, 0.05) is 11.7 Å². The van der Waals surface area contributed by atoms with Gasteiger partial charge in [0.1, 0.15) is 0 Å². The van der Waals surface area contributed by atoms with E-state index in [1.165, 1.54) is 0 Å². The van der Waals surface area contributed by atoms with Crippen molar-refractivity contribution in [3.05, 3.63) is 29.8 Å². The third kappa shape index (κ3) is 5.22. The molecule has 0 spiro atoms. The fraction of sp³-hybridized carbons (Fsp3) is 0.579. The lowest BCUT2D eigenvalue weighted by molar-refractivity contribution is -0.137. The Morgan fingerprint density at radius 1 is 0.962 bits per heavy atom. The quantitative estimate of drug-likeness (QED) is 0.760. The van der Waals surface area contributed by atoms with E-state index in [-0.39, 0.29) is 23.1 Å². The van der Waals surface area contributed by atoms with Crippen LogP contribution in [0, 0.1) is 11.3 Å². The Morgan fingerprint density at radius 3 is 2.08 bits per heavy atom. The molecule has 26 heavy (non-hydrogen) atoms. The van der Waals surface area contributed by atoms with Crippen molar-refractivity contribution in [1.82, 2.24) is 5.32 Å². The molecule has 0 bridgehead atoms. The lowest BCUT2D eigenvalue weighted by atomic mass is 9.69. The Morgan fingerprint density at radius 2 is 1.54 bits per heavy atom. The minimum absolute atomic E-state index is 0.0161.